The molecule has 0 atom stereocenters. The lowest BCUT2D eigenvalue weighted by atomic mass is 10.1. The Balaban J connectivity index is 1.50. The number of nitrogens with zero attached hydrogens (tertiary/aromatic N) is 3. The summed E-state index contributed by atoms with van der Waals surface area (Å²) in [4.78, 5) is 27.2. The van der Waals surface area contributed by atoms with Crippen molar-refractivity contribution in [1.29, 1.82) is 0 Å². The van der Waals surface area contributed by atoms with E-state index >= 15 is 0 Å². The molecule has 1 N–H and O–H groups in total. The normalized spacial score (nSPS) is 13.6. The molecule has 1 aromatic heterocycles. The first kappa shape index (κ1) is 14.2. The van der Waals surface area contributed by atoms with Gasteiger partial charge in [-0.05, 0) is 30.5 Å². The van der Waals surface area contributed by atoms with E-state index in [4.69, 9.17) is 4.74 Å². The molecule has 0 spiro atoms. The lowest BCUT2D eigenvalue weighted by Crippen LogP contribution is -2.30. The van der Waals surface area contributed by atoms with Crippen LogP contribution < -0.4 is 5.32 Å². The molecule has 0 unspecified atom stereocenters. The first-order valence-electron chi connectivity index (χ1n) is 7.08. The van der Waals surface area contributed by atoms with E-state index in [0.29, 0.717) is 12.1 Å². The highest BCUT2D eigenvalue weighted by Gasteiger charge is 2.23. The summed E-state index contributed by atoms with van der Waals surface area (Å²) in [7, 11) is 0. The summed E-state index contributed by atoms with van der Waals surface area (Å²) in [5.74, 6) is -0.753. The van der Waals surface area contributed by atoms with Crippen LogP contribution in [0.2, 0.25) is 0 Å². The molecular weight excluding hydrogens is 284 g/mol. The predicted molar refractivity (Wildman–Crippen MR) is 77.0 cm³/mol. The van der Waals surface area contributed by atoms with E-state index in [-0.39, 0.29) is 18.6 Å². The van der Waals surface area contributed by atoms with Crippen molar-refractivity contribution in [3.05, 3.63) is 48.0 Å². The lowest BCUT2D eigenvalue weighted by Gasteiger charge is -2.06. The highest BCUT2D eigenvalue weighted by Crippen LogP contribution is 2.18. The number of carbonyl (C=O) groups is 2. The van der Waals surface area contributed by atoms with Crippen molar-refractivity contribution in [3.8, 4) is 0 Å². The summed E-state index contributed by atoms with van der Waals surface area (Å²) >= 11 is 0. The summed E-state index contributed by atoms with van der Waals surface area (Å²) in [6.07, 6.45) is 5.11. The first-order chi connectivity index (χ1) is 10.7. The standard InChI is InChI=1S/C15H16N4O3/c20-14(18-13-5-6-13)8-22-15(21)12-3-1-11(2-4-12)7-19-10-16-9-17-19/h1-4,9-10,13H,5-8H2,(H,18,20). The number of hydrogen-bond donors (Lipinski definition) is 1. The Morgan fingerprint density at radius 3 is 2.68 bits per heavy atom. The van der Waals surface area contributed by atoms with E-state index in [1.807, 2.05) is 12.1 Å². The number of carbonyl (C=O) groups excluding carboxylic acids is 2. The Bertz CT molecular complexity index is 648. The number of hydrogen-bond acceptors (Lipinski definition) is 5. The van der Waals surface area contributed by atoms with Gasteiger partial charge in [-0.3, -0.25) is 4.79 Å². The third kappa shape index (κ3) is 3.91. The number of amides is 1. The molecule has 1 aliphatic carbocycles. The number of benzene rings is 1. The lowest BCUT2D eigenvalue weighted by molar-refractivity contribution is -0.124. The Morgan fingerprint density at radius 1 is 1.27 bits per heavy atom. The maximum atomic E-state index is 11.8. The van der Waals surface area contributed by atoms with Gasteiger partial charge in [0.15, 0.2) is 6.61 Å². The van der Waals surface area contributed by atoms with Gasteiger partial charge in [0.1, 0.15) is 12.7 Å². The van der Waals surface area contributed by atoms with E-state index in [0.717, 1.165) is 18.4 Å². The number of rotatable bonds is 6. The fourth-order valence-corrected chi connectivity index (χ4v) is 1.96. The third-order valence-electron chi connectivity index (χ3n) is 3.28. The molecule has 114 valence electrons. The monoisotopic (exact) mass is 300 g/mol. The largest absolute Gasteiger partial charge is 0.452 e. The second-order valence-electron chi connectivity index (χ2n) is 5.21. The molecular formula is C15H16N4O3. The molecule has 0 radical (unpaired) electrons. The molecule has 1 amide bonds. The van der Waals surface area contributed by atoms with Crippen LogP contribution in [-0.2, 0) is 16.1 Å². The second kappa shape index (κ2) is 6.38. The van der Waals surface area contributed by atoms with Crippen molar-refractivity contribution in [2.24, 2.45) is 0 Å². The quantitative estimate of drug-likeness (QED) is 0.796. The maximum Gasteiger partial charge on any atom is 0.338 e. The molecule has 1 saturated carbocycles. The van der Waals surface area contributed by atoms with Crippen molar-refractivity contribution in [2.45, 2.75) is 25.4 Å². The fraction of sp³-hybridized carbons (Fsp3) is 0.333. The van der Waals surface area contributed by atoms with E-state index in [2.05, 4.69) is 15.4 Å². The van der Waals surface area contributed by atoms with Crippen LogP contribution >= 0.6 is 0 Å². The number of nitrogens with one attached hydrogen (secondary N) is 1. The second-order valence-corrected chi connectivity index (χ2v) is 5.21. The van der Waals surface area contributed by atoms with E-state index in [1.165, 1.54) is 6.33 Å². The summed E-state index contributed by atoms with van der Waals surface area (Å²) in [5, 5.41) is 6.78. The first-order valence-corrected chi connectivity index (χ1v) is 7.08. The molecule has 7 heteroatoms. The van der Waals surface area contributed by atoms with Crippen LogP contribution in [0.25, 0.3) is 0 Å². The smallest absolute Gasteiger partial charge is 0.338 e. The zero-order valence-electron chi connectivity index (χ0n) is 11.9. The minimum absolute atomic E-state index is 0.240. The SMILES string of the molecule is O=C(COC(=O)c1ccc(Cn2cncn2)cc1)NC1CC1. The van der Waals surface area contributed by atoms with Crippen LogP contribution in [0.3, 0.4) is 0 Å². The minimum atomic E-state index is -0.502. The van der Waals surface area contributed by atoms with E-state index in [1.54, 1.807) is 23.1 Å². The van der Waals surface area contributed by atoms with Crippen molar-refractivity contribution in [3.63, 3.8) is 0 Å². The van der Waals surface area contributed by atoms with Gasteiger partial charge in [-0.2, -0.15) is 5.10 Å². The molecule has 0 bridgehead atoms. The Hall–Kier alpha value is -2.70. The molecule has 2 aromatic rings. The number of esters is 1. The fourth-order valence-electron chi connectivity index (χ4n) is 1.96. The topological polar surface area (TPSA) is 86.1 Å². The van der Waals surface area contributed by atoms with Crippen LogP contribution in [0.4, 0.5) is 0 Å². The van der Waals surface area contributed by atoms with Gasteiger partial charge in [0.2, 0.25) is 0 Å². The summed E-state index contributed by atoms with van der Waals surface area (Å²) in [5.41, 5.74) is 1.41. The maximum absolute atomic E-state index is 11.8. The molecule has 3 rings (SSSR count). The predicted octanol–water partition coefficient (Wildman–Crippen LogP) is 0.762. The summed E-state index contributed by atoms with van der Waals surface area (Å²) in [6.45, 7) is 0.342. The van der Waals surface area contributed by atoms with Crippen LogP contribution in [0.1, 0.15) is 28.8 Å². The molecule has 1 fully saturated rings. The number of ether oxygens (including phenoxy) is 1. The Labute approximate surface area is 127 Å². The molecule has 22 heavy (non-hydrogen) atoms. The summed E-state index contributed by atoms with van der Waals surface area (Å²) in [6, 6.07) is 7.26. The van der Waals surface area contributed by atoms with Crippen molar-refractivity contribution < 1.29 is 14.3 Å². The van der Waals surface area contributed by atoms with Gasteiger partial charge in [0.05, 0.1) is 12.1 Å². The van der Waals surface area contributed by atoms with Crippen LogP contribution in [0.15, 0.2) is 36.9 Å². The van der Waals surface area contributed by atoms with Crippen molar-refractivity contribution in [2.75, 3.05) is 6.61 Å². The van der Waals surface area contributed by atoms with Crippen LogP contribution in [0, 0.1) is 0 Å². The molecule has 0 aliphatic heterocycles. The minimum Gasteiger partial charge on any atom is -0.452 e. The number of aromatic nitrogens is 3. The Kier molecular flexibility index (Phi) is 4.13. The van der Waals surface area contributed by atoms with Gasteiger partial charge < -0.3 is 10.1 Å². The van der Waals surface area contributed by atoms with Crippen molar-refractivity contribution in [1.82, 2.24) is 20.1 Å². The Morgan fingerprint density at radius 2 is 2.05 bits per heavy atom. The molecule has 1 aliphatic rings. The highest BCUT2D eigenvalue weighted by molar-refractivity contribution is 5.91. The van der Waals surface area contributed by atoms with Crippen molar-refractivity contribution >= 4 is 11.9 Å². The van der Waals surface area contributed by atoms with Gasteiger partial charge in [-0.1, -0.05) is 12.1 Å². The third-order valence-corrected chi connectivity index (χ3v) is 3.28. The average Bonchev–Trinajstić information content (AvgIpc) is 3.18. The summed E-state index contributed by atoms with van der Waals surface area (Å²) < 4.78 is 6.68. The van der Waals surface area contributed by atoms with Gasteiger partial charge in [0.25, 0.3) is 5.91 Å². The zero-order valence-corrected chi connectivity index (χ0v) is 11.9. The van der Waals surface area contributed by atoms with Gasteiger partial charge in [0, 0.05) is 6.04 Å². The van der Waals surface area contributed by atoms with E-state index in [9.17, 15) is 9.59 Å². The van der Waals surface area contributed by atoms with Crippen LogP contribution in [0.5, 0.6) is 0 Å². The molecule has 1 heterocycles. The van der Waals surface area contributed by atoms with Gasteiger partial charge in [-0.15, -0.1) is 0 Å². The van der Waals surface area contributed by atoms with E-state index < -0.39 is 5.97 Å². The van der Waals surface area contributed by atoms with Gasteiger partial charge >= 0.3 is 5.97 Å². The molecule has 1 aromatic carbocycles. The zero-order chi connectivity index (χ0) is 15.4. The highest BCUT2D eigenvalue weighted by atomic mass is 16.5. The molecule has 7 nitrogen and oxygen atoms in total. The molecule has 0 saturated heterocycles. The van der Waals surface area contributed by atoms with Crippen LogP contribution in [-0.4, -0.2) is 39.3 Å². The average molecular weight is 300 g/mol. The van der Waals surface area contributed by atoms with Gasteiger partial charge in [-0.25, -0.2) is 14.5 Å².